The van der Waals surface area contributed by atoms with Crippen LogP contribution in [-0.4, -0.2) is 36.4 Å². The zero-order chi connectivity index (χ0) is 11.5. The van der Waals surface area contributed by atoms with Gasteiger partial charge in [-0.15, -0.1) is 10.2 Å². The van der Waals surface area contributed by atoms with Crippen molar-refractivity contribution in [2.45, 2.75) is 0 Å². The summed E-state index contributed by atoms with van der Waals surface area (Å²) < 4.78 is 1.30. The van der Waals surface area contributed by atoms with E-state index in [9.17, 15) is 10.2 Å². The standard InChI is InChI=1S/C9H8N4O3/c14-6-1-8(15)7(9(16)2-6)3-12-13-4-10-11-5-13/h1-5,14-16H/b12-3+. The molecule has 0 aliphatic heterocycles. The van der Waals surface area contributed by atoms with Crippen LogP contribution in [0.1, 0.15) is 5.56 Å². The van der Waals surface area contributed by atoms with Gasteiger partial charge in [0.05, 0.1) is 11.8 Å². The number of aromatic nitrogens is 3. The Morgan fingerprint density at radius 3 is 2.19 bits per heavy atom. The molecule has 82 valence electrons. The zero-order valence-electron chi connectivity index (χ0n) is 8.02. The summed E-state index contributed by atoms with van der Waals surface area (Å²) in [5.41, 5.74) is 0.103. The van der Waals surface area contributed by atoms with Crippen molar-refractivity contribution in [2.24, 2.45) is 5.10 Å². The quantitative estimate of drug-likeness (QED) is 0.630. The Morgan fingerprint density at radius 2 is 1.62 bits per heavy atom. The average Bonchev–Trinajstić information content (AvgIpc) is 2.68. The van der Waals surface area contributed by atoms with Gasteiger partial charge in [-0.05, 0) is 0 Å². The van der Waals surface area contributed by atoms with Crippen LogP contribution in [0.25, 0.3) is 0 Å². The lowest BCUT2D eigenvalue weighted by Gasteiger charge is -2.02. The SMILES string of the molecule is Oc1cc(O)c(/C=N/n2cnnc2)c(O)c1. The molecule has 3 N–H and O–H groups in total. The monoisotopic (exact) mass is 220 g/mol. The van der Waals surface area contributed by atoms with Gasteiger partial charge in [0, 0.05) is 12.1 Å². The van der Waals surface area contributed by atoms with Crippen LogP contribution in [0.15, 0.2) is 29.9 Å². The van der Waals surface area contributed by atoms with E-state index in [1.54, 1.807) is 0 Å². The predicted octanol–water partition coefficient (Wildman–Crippen LogP) is 0.277. The zero-order valence-corrected chi connectivity index (χ0v) is 8.02. The molecule has 7 nitrogen and oxygen atoms in total. The van der Waals surface area contributed by atoms with Gasteiger partial charge in [0.2, 0.25) is 0 Å². The Balaban J connectivity index is 2.35. The average molecular weight is 220 g/mol. The highest BCUT2D eigenvalue weighted by atomic mass is 16.3. The van der Waals surface area contributed by atoms with Crippen molar-refractivity contribution in [3.8, 4) is 17.2 Å². The highest BCUT2D eigenvalue weighted by molar-refractivity contribution is 5.87. The Morgan fingerprint density at radius 1 is 1.06 bits per heavy atom. The summed E-state index contributed by atoms with van der Waals surface area (Å²) in [6, 6.07) is 2.21. The van der Waals surface area contributed by atoms with E-state index in [0.717, 1.165) is 12.1 Å². The lowest BCUT2D eigenvalue weighted by molar-refractivity contribution is 0.427. The first-order valence-corrected chi connectivity index (χ1v) is 4.31. The molecule has 2 aromatic rings. The van der Waals surface area contributed by atoms with E-state index in [1.807, 2.05) is 0 Å². The van der Waals surface area contributed by atoms with Crippen molar-refractivity contribution >= 4 is 6.21 Å². The first-order chi connectivity index (χ1) is 7.66. The summed E-state index contributed by atoms with van der Waals surface area (Å²) in [4.78, 5) is 0. The third-order valence-electron chi connectivity index (χ3n) is 1.85. The minimum absolute atomic E-state index is 0.103. The van der Waals surface area contributed by atoms with E-state index in [1.165, 1.54) is 23.5 Å². The number of benzene rings is 1. The fourth-order valence-corrected chi connectivity index (χ4v) is 1.12. The Kier molecular flexibility index (Phi) is 2.42. The van der Waals surface area contributed by atoms with Crippen LogP contribution < -0.4 is 0 Å². The second-order valence-electron chi connectivity index (χ2n) is 2.98. The molecule has 1 aromatic carbocycles. The van der Waals surface area contributed by atoms with Gasteiger partial charge in [0.15, 0.2) is 0 Å². The molecular formula is C9H8N4O3. The summed E-state index contributed by atoms with van der Waals surface area (Å²) in [7, 11) is 0. The van der Waals surface area contributed by atoms with Crippen LogP contribution in [0.5, 0.6) is 17.2 Å². The van der Waals surface area contributed by atoms with Crippen LogP contribution in [-0.2, 0) is 0 Å². The Hall–Kier alpha value is -2.57. The van der Waals surface area contributed by atoms with E-state index in [-0.39, 0.29) is 22.8 Å². The number of rotatable bonds is 2. The van der Waals surface area contributed by atoms with Gasteiger partial charge in [0.1, 0.15) is 29.9 Å². The third-order valence-corrected chi connectivity index (χ3v) is 1.85. The van der Waals surface area contributed by atoms with Gasteiger partial charge < -0.3 is 15.3 Å². The van der Waals surface area contributed by atoms with E-state index >= 15 is 0 Å². The maximum atomic E-state index is 9.45. The second kappa shape index (κ2) is 3.89. The van der Waals surface area contributed by atoms with Crippen molar-refractivity contribution in [2.75, 3.05) is 0 Å². The molecule has 0 aliphatic carbocycles. The van der Waals surface area contributed by atoms with Gasteiger partial charge >= 0.3 is 0 Å². The van der Waals surface area contributed by atoms with Crippen molar-refractivity contribution in [3.05, 3.63) is 30.4 Å². The maximum absolute atomic E-state index is 9.45. The van der Waals surface area contributed by atoms with Crippen LogP contribution in [0.4, 0.5) is 0 Å². The minimum atomic E-state index is -0.269. The fraction of sp³-hybridized carbons (Fsp3) is 0. The van der Waals surface area contributed by atoms with Crippen molar-refractivity contribution < 1.29 is 15.3 Å². The molecule has 0 atom stereocenters. The molecule has 2 rings (SSSR count). The molecule has 0 spiro atoms. The number of phenols is 3. The topological polar surface area (TPSA) is 104 Å². The largest absolute Gasteiger partial charge is 0.508 e. The summed E-state index contributed by atoms with van der Waals surface area (Å²) >= 11 is 0. The van der Waals surface area contributed by atoms with E-state index in [4.69, 9.17) is 5.11 Å². The van der Waals surface area contributed by atoms with Crippen LogP contribution >= 0.6 is 0 Å². The van der Waals surface area contributed by atoms with E-state index < -0.39 is 0 Å². The molecule has 7 heteroatoms. The molecule has 0 bridgehead atoms. The highest BCUT2D eigenvalue weighted by Gasteiger charge is 2.07. The van der Waals surface area contributed by atoms with Crippen LogP contribution in [0, 0.1) is 0 Å². The number of hydrogen-bond acceptors (Lipinski definition) is 6. The number of aromatic hydroxyl groups is 3. The lowest BCUT2D eigenvalue weighted by Crippen LogP contribution is -1.89. The van der Waals surface area contributed by atoms with Gasteiger partial charge in [-0.1, -0.05) is 0 Å². The first-order valence-electron chi connectivity index (χ1n) is 4.31. The molecular weight excluding hydrogens is 212 g/mol. The van der Waals surface area contributed by atoms with Gasteiger partial charge in [0.25, 0.3) is 0 Å². The number of phenolic OH excluding ortho intramolecular Hbond substituents is 3. The smallest absolute Gasteiger partial charge is 0.141 e. The minimum Gasteiger partial charge on any atom is -0.508 e. The molecule has 0 aliphatic rings. The first kappa shape index (κ1) is 9.97. The van der Waals surface area contributed by atoms with E-state index in [0.29, 0.717) is 0 Å². The predicted molar refractivity (Wildman–Crippen MR) is 54.5 cm³/mol. The maximum Gasteiger partial charge on any atom is 0.141 e. The highest BCUT2D eigenvalue weighted by Crippen LogP contribution is 2.30. The molecule has 1 aromatic heterocycles. The summed E-state index contributed by atoms with van der Waals surface area (Å²) in [6.45, 7) is 0. The summed E-state index contributed by atoms with van der Waals surface area (Å²) in [5, 5.41) is 38.9. The Labute approximate surface area is 89.9 Å². The van der Waals surface area contributed by atoms with E-state index in [2.05, 4.69) is 15.3 Å². The van der Waals surface area contributed by atoms with Crippen molar-refractivity contribution in [1.82, 2.24) is 14.9 Å². The normalized spacial score (nSPS) is 11.0. The van der Waals surface area contributed by atoms with Gasteiger partial charge in [-0.2, -0.15) is 5.10 Å². The lowest BCUT2D eigenvalue weighted by atomic mass is 10.2. The molecule has 1 heterocycles. The molecule has 0 fully saturated rings. The second-order valence-corrected chi connectivity index (χ2v) is 2.98. The molecule has 0 amide bonds. The summed E-state index contributed by atoms with van der Waals surface area (Å²) in [6.07, 6.45) is 3.93. The number of hydrogen-bond donors (Lipinski definition) is 3. The van der Waals surface area contributed by atoms with Gasteiger partial charge in [-0.3, -0.25) is 0 Å². The van der Waals surface area contributed by atoms with Gasteiger partial charge in [-0.25, -0.2) is 4.68 Å². The number of nitrogens with zero attached hydrogens (tertiary/aromatic N) is 4. The molecule has 0 saturated carbocycles. The van der Waals surface area contributed by atoms with Crippen LogP contribution in [0.3, 0.4) is 0 Å². The summed E-state index contributed by atoms with van der Waals surface area (Å²) in [5.74, 6) is -0.764. The third kappa shape index (κ3) is 1.92. The molecule has 0 unspecified atom stereocenters. The fourth-order valence-electron chi connectivity index (χ4n) is 1.12. The van der Waals surface area contributed by atoms with Crippen molar-refractivity contribution in [3.63, 3.8) is 0 Å². The molecule has 16 heavy (non-hydrogen) atoms. The molecule has 0 saturated heterocycles. The van der Waals surface area contributed by atoms with Crippen molar-refractivity contribution in [1.29, 1.82) is 0 Å². The molecule has 0 radical (unpaired) electrons. The van der Waals surface area contributed by atoms with Crippen LogP contribution in [0.2, 0.25) is 0 Å². The Bertz CT molecular complexity index is 499.